The first-order valence-electron chi connectivity index (χ1n) is 9.85. The summed E-state index contributed by atoms with van der Waals surface area (Å²) in [5.74, 6) is 0.796. The van der Waals surface area contributed by atoms with Crippen LogP contribution < -0.4 is 0 Å². The Morgan fingerprint density at radius 2 is 2.04 bits per heavy atom. The Hall–Kier alpha value is -1.00. The topological polar surface area (TPSA) is 74.6 Å². The third-order valence-electron chi connectivity index (χ3n) is 8.31. The molecule has 7 atom stereocenters. The summed E-state index contributed by atoms with van der Waals surface area (Å²) in [5, 5.41) is 19.4. The fraction of sp³-hybridized carbons (Fsp3) is 0.810. The van der Waals surface area contributed by atoms with Crippen LogP contribution in [-0.4, -0.2) is 34.5 Å². The minimum Gasteiger partial charge on any atom is -0.393 e. The van der Waals surface area contributed by atoms with Crippen LogP contribution in [-0.2, 0) is 9.59 Å². The number of carbonyl (C=O) groups excluding carboxylic acids is 2. The Bertz CT molecular complexity index is 638. The second kappa shape index (κ2) is 5.75. The molecule has 4 aliphatic rings. The molecule has 0 aromatic heterocycles. The van der Waals surface area contributed by atoms with Gasteiger partial charge in [0.15, 0.2) is 5.78 Å². The van der Waals surface area contributed by atoms with Crippen LogP contribution in [0, 0.1) is 34.5 Å². The molecule has 4 nitrogen and oxygen atoms in total. The lowest BCUT2D eigenvalue weighted by Crippen LogP contribution is -2.55. The first-order chi connectivity index (χ1) is 11.8. The van der Waals surface area contributed by atoms with E-state index in [-0.39, 0.29) is 34.6 Å². The zero-order chi connectivity index (χ0) is 18.0. The van der Waals surface area contributed by atoms with Gasteiger partial charge in [-0.25, -0.2) is 0 Å². The Labute approximate surface area is 149 Å². The fourth-order valence-electron chi connectivity index (χ4n) is 7.11. The van der Waals surface area contributed by atoms with E-state index in [2.05, 4.69) is 19.9 Å². The van der Waals surface area contributed by atoms with Crippen molar-refractivity contribution in [3.05, 3.63) is 11.6 Å². The molecule has 0 heterocycles. The highest BCUT2D eigenvalue weighted by Gasteiger charge is 2.62. The number of aliphatic hydroxyl groups excluding tert-OH is 2. The molecule has 3 saturated carbocycles. The van der Waals surface area contributed by atoms with Gasteiger partial charge >= 0.3 is 0 Å². The Kier molecular flexibility index (Phi) is 4.01. The van der Waals surface area contributed by atoms with E-state index in [1.807, 2.05) is 0 Å². The maximum atomic E-state index is 13.3. The molecular weight excluding hydrogens is 316 g/mol. The molecule has 138 valence electrons. The van der Waals surface area contributed by atoms with Crippen LogP contribution >= 0.6 is 0 Å². The average Bonchev–Trinajstić information content (AvgIpc) is 2.91. The summed E-state index contributed by atoms with van der Waals surface area (Å²) in [6.07, 6.45) is 7.57. The molecule has 4 aliphatic carbocycles. The lowest BCUT2D eigenvalue weighted by molar-refractivity contribution is -0.147. The predicted octanol–water partition coefficient (Wildman–Crippen LogP) is 2.67. The fourth-order valence-corrected chi connectivity index (χ4v) is 7.11. The highest BCUT2D eigenvalue weighted by Crippen LogP contribution is 2.65. The summed E-state index contributed by atoms with van der Waals surface area (Å²) in [7, 11) is 0. The van der Waals surface area contributed by atoms with Crippen molar-refractivity contribution in [1.29, 1.82) is 0 Å². The molecule has 4 rings (SSSR count). The number of Topliss-reactive ketones (excluding diaryl/α,β-unsaturated/α-hetero) is 2. The third-order valence-corrected chi connectivity index (χ3v) is 8.31. The van der Waals surface area contributed by atoms with Crippen molar-refractivity contribution in [3.8, 4) is 0 Å². The van der Waals surface area contributed by atoms with Gasteiger partial charge in [0.2, 0.25) is 0 Å². The van der Waals surface area contributed by atoms with Crippen LogP contribution in [0.3, 0.4) is 0 Å². The summed E-state index contributed by atoms with van der Waals surface area (Å²) < 4.78 is 0. The minimum absolute atomic E-state index is 0.0426. The molecule has 0 radical (unpaired) electrons. The van der Waals surface area contributed by atoms with Crippen LogP contribution in [0.25, 0.3) is 0 Å². The SMILES string of the molecule is C[C@]12CC(=O)[C@H]3[C@@H](CC=C4CC(O)CC[C@@]43C)[C@@H]1CC[C@@H]2C(=O)CO. The molecule has 1 unspecified atom stereocenters. The van der Waals surface area contributed by atoms with E-state index in [0.29, 0.717) is 30.5 Å². The molecule has 4 heteroatoms. The Balaban J connectivity index is 1.71. The third kappa shape index (κ3) is 2.33. The van der Waals surface area contributed by atoms with Crippen LogP contribution in [0.1, 0.15) is 58.8 Å². The predicted molar refractivity (Wildman–Crippen MR) is 93.7 cm³/mol. The van der Waals surface area contributed by atoms with E-state index in [1.165, 1.54) is 5.57 Å². The van der Waals surface area contributed by atoms with Crippen LogP contribution in [0.5, 0.6) is 0 Å². The minimum atomic E-state index is -0.408. The zero-order valence-corrected chi connectivity index (χ0v) is 15.3. The van der Waals surface area contributed by atoms with E-state index in [9.17, 15) is 19.8 Å². The van der Waals surface area contributed by atoms with Gasteiger partial charge in [-0.15, -0.1) is 0 Å². The zero-order valence-electron chi connectivity index (χ0n) is 15.3. The number of carbonyl (C=O) groups is 2. The number of allylic oxidation sites excluding steroid dienone is 1. The average molecular weight is 346 g/mol. The van der Waals surface area contributed by atoms with Crippen molar-refractivity contribution in [2.24, 2.45) is 34.5 Å². The van der Waals surface area contributed by atoms with Gasteiger partial charge in [0.05, 0.1) is 6.10 Å². The second-order valence-electron chi connectivity index (χ2n) is 9.43. The number of aliphatic hydroxyl groups is 2. The Morgan fingerprint density at radius 1 is 1.28 bits per heavy atom. The normalized spacial score (nSPS) is 49.0. The lowest BCUT2D eigenvalue weighted by Gasteiger charge is -2.56. The largest absolute Gasteiger partial charge is 0.393 e. The van der Waals surface area contributed by atoms with Crippen molar-refractivity contribution in [3.63, 3.8) is 0 Å². The summed E-state index contributed by atoms with van der Waals surface area (Å²) in [5.41, 5.74) is 0.888. The number of hydrogen-bond donors (Lipinski definition) is 2. The summed E-state index contributed by atoms with van der Waals surface area (Å²) in [4.78, 5) is 25.6. The molecule has 25 heavy (non-hydrogen) atoms. The van der Waals surface area contributed by atoms with E-state index in [1.54, 1.807) is 0 Å². The van der Waals surface area contributed by atoms with Crippen LogP contribution in [0.15, 0.2) is 11.6 Å². The van der Waals surface area contributed by atoms with Crippen LogP contribution in [0.2, 0.25) is 0 Å². The van der Waals surface area contributed by atoms with Gasteiger partial charge in [-0.05, 0) is 61.2 Å². The smallest absolute Gasteiger partial charge is 0.161 e. The standard InChI is InChI=1S/C21H30O4/c1-20-8-7-13(23)9-12(20)3-4-14-15-5-6-16(18(25)11-22)21(15,2)10-17(24)19(14)20/h3,13-16,19,22-23H,4-11H2,1-2H3/t13?,14-,15-,16+,19+,20-,21-/m0/s1. The second-order valence-corrected chi connectivity index (χ2v) is 9.43. The highest BCUT2D eigenvalue weighted by atomic mass is 16.3. The molecular formula is C21H30O4. The van der Waals surface area contributed by atoms with Gasteiger partial charge in [0.1, 0.15) is 12.4 Å². The first kappa shape index (κ1) is 17.4. The van der Waals surface area contributed by atoms with E-state index >= 15 is 0 Å². The molecule has 3 fully saturated rings. The van der Waals surface area contributed by atoms with Gasteiger partial charge in [0.25, 0.3) is 0 Å². The molecule has 0 saturated heterocycles. The van der Waals surface area contributed by atoms with Gasteiger partial charge in [-0.3, -0.25) is 9.59 Å². The molecule has 0 aliphatic heterocycles. The molecule has 0 aromatic rings. The maximum absolute atomic E-state index is 13.3. The van der Waals surface area contributed by atoms with E-state index in [0.717, 1.165) is 32.1 Å². The number of ketones is 2. The molecule has 2 N–H and O–H groups in total. The van der Waals surface area contributed by atoms with Gasteiger partial charge < -0.3 is 10.2 Å². The Morgan fingerprint density at radius 3 is 2.76 bits per heavy atom. The monoisotopic (exact) mass is 346 g/mol. The first-order valence-corrected chi connectivity index (χ1v) is 9.85. The quantitative estimate of drug-likeness (QED) is 0.754. The number of fused-ring (bicyclic) bond motifs is 5. The van der Waals surface area contributed by atoms with E-state index < -0.39 is 6.61 Å². The summed E-state index contributed by atoms with van der Waals surface area (Å²) in [6, 6.07) is 0. The summed E-state index contributed by atoms with van der Waals surface area (Å²) >= 11 is 0. The molecule has 0 spiro atoms. The molecule has 0 bridgehead atoms. The van der Waals surface area contributed by atoms with Crippen molar-refractivity contribution in [2.75, 3.05) is 6.61 Å². The molecule has 0 aromatic carbocycles. The van der Waals surface area contributed by atoms with E-state index in [4.69, 9.17) is 0 Å². The number of hydrogen-bond acceptors (Lipinski definition) is 4. The van der Waals surface area contributed by atoms with Crippen molar-refractivity contribution in [1.82, 2.24) is 0 Å². The lowest BCUT2D eigenvalue weighted by atomic mass is 9.47. The van der Waals surface area contributed by atoms with Crippen molar-refractivity contribution < 1.29 is 19.8 Å². The van der Waals surface area contributed by atoms with Gasteiger partial charge in [-0.2, -0.15) is 0 Å². The van der Waals surface area contributed by atoms with Crippen molar-refractivity contribution in [2.45, 2.75) is 64.9 Å². The highest BCUT2D eigenvalue weighted by molar-refractivity contribution is 5.88. The number of rotatable bonds is 2. The van der Waals surface area contributed by atoms with Gasteiger partial charge in [-0.1, -0.05) is 25.5 Å². The van der Waals surface area contributed by atoms with Gasteiger partial charge in [0, 0.05) is 18.3 Å². The maximum Gasteiger partial charge on any atom is 0.161 e. The van der Waals surface area contributed by atoms with Crippen molar-refractivity contribution >= 4 is 11.6 Å². The molecule has 0 amide bonds. The summed E-state index contributed by atoms with van der Waals surface area (Å²) in [6.45, 7) is 3.94. The van der Waals surface area contributed by atoms with Crippen LogP contribution in [0.4, 0.5) is 0 Å².